The van der Waals surface area contributed by atoms with Crippen molar-refractivity contribution in [2.24, 2.45) is 0 Å². The lowest BCUT2D eigenvalue weighted by Gasteiger charge is -2.17. The Kier molecular flexibility index (Phi) is 8.15. The molecule has 0 aliphatic carbocycles. The maximum absolute atomic E-state index is 12.3. The molecule has 0 saturated carbocycles. The highest BCUT2D eigenvalue weighted by Gasteiger charge is 2.13. The Morgan fingerprint density at radius 1 is 1.30 bits per heavy atom. The van der Waals surface area contributed by atoms with Crippen LogP contribution < -0.4 is 5.32 Å². The summed E-state index contributed by atoms with van der Waals surface area (Å²) < 4.78 is 0. The van der Waals surface area contributed by atoms with Gasteiger partial charge in [0.1, 0.15) is 0 Å². The predicted octanol–water partition coefficient (Wildman–Crippen LogP) is 2.37. The van der Waals surface area contributed by atoms with Crippen LogP contribution in [0.1, 0.15) is 10.4 Å². The topological polar surface area (TPSA) is 45.2 Å². The van der Waals surface area contributed by atoms with Crippen LogP contribution in [-0.4, -0.2) is 43.0 Å². The number of aromatic nitrogens is 1. The molecule has 0 atom stereocenters. The van der Waals surface area contributed by atoms with Gasteiger partial charge >= 0.3 is 0 Å². The molecular weight excluding hydrogens is 297 g/mol. The third-order valence-corrected chi connectivity index (χ3v) is 2.96. The number of nitrogens with one attached hydrogen (secondary N) is 1. The van der Waals surface area contributed by atoms with E-state index in [9.17, 15) is 4.79 Å². The predicted molar refractivity (Wildman–Crippen MR) is 87.1 cm³/mol. The fourth-order valence-electron chi connectivity index (χ4n) is 1.90. The molecule has 1 heterocycles. The standard InChI is InChI=1S/C14H17N3O.2ClH/c1-15-8-9-17(2)14(18)13-5-3-4-11-10-16-7-6-12(11)13;;/h3-7,10,15H,8-9H2,1-2H3;2*1H. The summed E-state index contributed by atoms with van der Waals surface area (Å²) in [6, 6.07) is 7.60. The van der Waals surface area contributed by atoms with Crippen LogP contribution in [0.3, 0.4) is 0 Å². The number of halogens is 2. The van der Waals surface area contributed by atoms with Crippen LogP contribution in [0.15, 0.2) is 36.7 Å². The molecule has 0 bridgehead atoms. The molecule has 110 valence electrons. The zero-order valence-electron chi connectivity index (χ0n) is 11.5. The second-order valence-corrected chi connectivity index (χ2v) is 4.23. The summed E-state index contributed by atoms with van der Waals surface area (Å²) in [4.78, 5) is 18.1. The molecule has 1 N–H and O–H groups in total. The van der Waals surface area contributed by atoms with Gasteiger partial charge < -0.3 is 10.2 Å². The first-order valence-electron chi connectivity index (χ1n) is 5.97. The molecule has 0 spiro atoms. The van der Waals surface area contributed by atoms with Gasteiger partial charge in [0.25, 0.3) is 5.91 Å². The number of likely N-dealkylation sites (N-methyl/N-ethyl adjacent to an activating group) is 2. The van der Waals surface area contributed by atoms with E-state index in [1.165, 1.54) is 0 Å². The van der Waals surface area contributed by atoms with E-state index < -0.39 is 0 Å². The highest BCUT2D eigenvalue weighted by atomic mass is 35.5. The van der Waals surface area contributed by atoms with Crippen molar-refractivity contribution in [1.29, 1.82) is 0 Å². The molecule has 0 fully saturated rings. The number of fused-ring (bicyclic) bond motifs is 1. The summed E-state index contributed by atoms with van der Waals surface area (Å²) in [5.41, 5.74) is 0.730. The van der Waals surface area contributed by atoms with Gasteiger partial charge in [-0.2, -0.15) is 0 Å². The number of amides is 1. The van der Waals surface area contributed by atoms with Crippen molar-refractivity contribution in [3.63, 3.8) is 0 Å². The van der Waals surface area contributed by atoms with E-state index in [1.54, 1.807) is 17.3 Å². The van der Waals surface area contributed by atoms with Crippen LogP contribution in [0.4, 0.5) is 0 Å². The van der Waals surface area contributed by atoms with Gasteiger partial charge in [-0.25, -0.2) is 0 Å². The van der Waals surface area contributed by atoms with Crippen molar-refractivity contribution in [3.8, 4) is 0 Å². The molecule has 1 aromatic carbocycles. The monoisotopic (exact) mass is 315 g/mol. The molecule has 6 heteroatoms. The summed E-state index contributed by atoms with van der Waals surface area (Å²) in [6.07, 6.45) is 3.49. The molecule has 0 aliphatic rings. The average Bonchev–Trinajstić information content (AvgIpc) is 2.43. The Balaban J connectivity index is 0.00000180. The van der Waals surface area contributed by atoms with Gasteiger partial charge in [0.2, 0.25) is 0 Å². The van der Waals surface area contributed by atoms with Gasteiger partial charge in [-0.15, -0.1) is 24.8 Å². The first-order chi connectivity index (χ1) is 8.74. The third-order valence-electron chi connectivity index (χ3n) is 2.96. The van der Waals surface area contributed by atoms with Crippen molar-refractivity contribution >= 4 is 41.5 Å². The second kappa shape index (κ2) is 8.74. The summed E-state index contributed by atoms with van der Waals surface area (Å²) in [5, 5.41) is 4.98. The summed E-state index contributed by atoms with van der Waals surface area (Å²) in [6.45, 7) is 1.48. The molecule has 2 rings (SSSR count). The van der Waals surface area contributed by atoms with Crippen molar-refractivity contribution in [1.82, 2.24) is 15.2 Å². The van der Waals surface area contributed by atoms with Crippen molar-refractivity contribution in [2.45, 2.75) is 0 Å². The fourth-order valence-corrected chi connectivity index (χ4v) is 1.90. The average molecular weight is 316 g/mol. The quantitative estimate of drug-likeness (QED) is 0.942. The van der Waals surface area contributed by atoms with Crippen LogP contribution in [0, 0.1) is 0 Å². The van der Waals surface area contributed by atoms with Gasteiger partial charge in [-0.3, -0.25) is 9.78 Å². The number of carbonyl (C=O) groups is 1. The van der Waals surface area contributed by atoms with Gasteiger partial charge in [-0.05, 0) is 24.6 Å². The lowest BCUT2D eigenvalue weighted by molar-refractivity contribution is 0.0799. The second-order valence-electron chi connectivity index (χ2n) is 4.23. The summed E-state index contributed by atoms with van der Waals surface area (Å²) in [7, 11) is 3.70. The van der Waals surface area contributed by atoms with Crippen LogP contribution in [0.2, 0.25) is 0 Å². The molecule has 1 amide bonds. The highest BCUT2D eigenvalue weighted by Crippen LogP contribution is 2.18. The maximum atomic E-state index is 12.3. The molecule has 4 nitrogen and oxygen atoms in total. The highest BCUT2D eigenvalue weighted by molar-refractivity contribution is 6.06. The lowest BCUT2D eigenvalue weighted by Crippen LogP contribution is -2.32. The van der Waals surface area contributed by atoms with Gasteiger partial charge in [0, 0.05) is 43.5 Å². The lowest BCUT2D eigenvalue weighted by atomic mass is 10.1. The molecular formula is C14H19Cl2N3O. The van der Waals surface area contributed by atoms with E-state index in [2.05, 4.69) is 10.3 Å². The minimum atomic E-state index is 0. The number of pyridine rings is 1. The molecule has 0 saturated heterocycles. The van der Waals surface area contributed by atoms with Crippen molar-refractivity contribution in [2.75, 3.05) is 27.2 Å². The Labute approximate surface area is 131 Å². The number of nitrogens with zero attached hydrogens (tertiary/aromatic N) is 2. The van der Waals surface area contributed by atoms with Gasteiger partial charge in [0.15, 0.2) is 0 Å². The summed E-state index contributed by atoms with van der Waals surface area (Å²) >= 11 is 0. The Morgan fingerprint density at radius 3 is 2.75 bits per heavy atom. The number of carbonyl (C=O) groups excluding carboxylic acids is 1. The Morgan fingerprint density at radius 2 is 2.05 bits per heavy atom. The minimum absolute atomic E-state index is 0. The Hall–Kier alpha value is -1.36. The van der Waals surface area contributed by atoms with Gasteiger partial charge in [0.05, 0.1) is 0 Å². The molecule has 0 aliphatic heterocycles. The SMILES string of the molecule is CNCCN(C)C(=O)c1cccc2cnccc12.Cl.Cl. The fraction of sp³-hybridized carbons (Fsp3) is 0.286. The van der Waals surface area contributed by atoms with E-state index >= 15 is 0 Å². The first-order valence-corrected chi connectivity index (χ1v) is 5.97. The van der Waals surface area contributed by atoms with E-state index in [1.807, 2.05) is 38.4 Å². The van der Waals surface area contributed by atoms with Crippen LogP contribution in [0.5, 0.6) is 0 Å². The van der Waals surface area contributed by atoms with Crippen molar-refractivity contribution in [3.05, 3.63) is 42.2 Å². The van der Waals surface area contributed by atoms with E-state index in [4.69, 9.17) is 0 Å². The third kappa shape index (κ3) is 4.07. The minimum Gasteiger partial charge on any atom is -0.340 e. The molecule has 2 aromatic rings. The smallest absolute Gasteiger partial charge is 0.254 e. The molecule has 0 radical (unpaired) electrons. The zero-order valence-corrected chi connectivity index (χ0v) is 13.1. The maximum Gasteiger partial charge on any atom is 0.254 e. The van der Waals surface area contributed by atoms with E-state index in [-0.39, 0.29) is 30.7 Å². The number of rotatable bonds is 4. The number of benzene rings is 1. The first kappa shape index (κ1) is 18.6. The van der Waals surface area contributed by atoms with E-state index in [0.717, 1.165) is 22.9 Å². The van der Waals surface area contributed by atoms with Crippen LogP contribution in [0.25, 0.3) is 10.8 Å². The Bertz CT molecular complexity index is 558. The molecule has 1 aromatic heterocycles. The normalized spacial score (nSPS) is 9.50. The largest absolute Gasteiger partial charge is 0.340 e. The van der Waals surface area contributed by atoms with Crippen LogP contribution >= 0.6 is 24.8 Å². The van der Waals surface area contributed by atoms with E-state index in [0.29, 0.717) is 6.54 Å². The van der Waals surface area contributed by atoms with Crippen molar-refractivity contribution < 1.29 is 4.79 Å². The molecule has 0 unspecified atom stereocenters. The zero-order chi connectivity index (χ0) is 13.0. The van der Waals surface area contributed by atoms with Gasteiger partial charge in [-0.1, -0.05) is 12.1 Å². The number of hydrogen-bond donors (Lipinski definition) is 1. The van der Waals surface area contributed by atoms with Crippen LogP contribution in [-0.2, 0) is 0 Å². The summed E-state index contributed by atoms with van der Waals surface area (Å²) in [5.74, 6) is 0.0436. The molecule has 20 heavy (non-hydrogen) atoms. The number of hydrogen-bond acceptors (Lipinski definition) is 3.